The molecule has 0 aliphatic carbocycles. The first-order valence-electron chi connectivity index (χ1n) is 10.9. The van der Waals surface area contributed by atoms with Gasteiger partial charge in [-0.3, -0.25) is 9.97 Å². The average molecular weight is 433 g/mol. The summed E-state index contributed by atoms with van der Waals surface area (Å²) in [5, 5.41) is 3.47. The zero-order valence-corrected chi connectivity index (χ0v) is 18.4. The van der Waals surface area contributed by atoms with Crippen LogP contribution < -0.4 is 15.0 Å². The number of aromatic nitrogens is 2. The second-order valence-electron chi connectivity index (χ2n) is 8.12. The van der Waals surface area contributed by atoms with Crippen molar-refractivity contribution in [3.05, 3.63) is 48.5 Å². The number of nitrogens with zero attached hydrogens (tertiary/aromatic N) is 3. The molecule has 164 valence electrons. The minimum Gasteiger partial charge on any atom is -0.490 e. The molecule has 4 heterocycles. The summed E-state index contributed by atoms with van der Waals surface area (Å²) in [7, 11) is 0. The third-order valence-corrected chi connectivity index (χ3v) is 5.95. The third kappa shape index (κ3) is 6.83. The van der Waals surface area contributed by atoms with Gasteiger partial charge in [-0.2, -0.15) is 0 Å². The highest BCUT2D eigenvalue weighted by Gasteiger charge is 2.20. The van der Waals surface area contributed by atoms with Crippen molar-refractivity contribution in [3.63, 3.8) is 0 Å². The molecule has 4 rings (SSSR count). The highest BCUT2D eigenvalue weighted by atomic mass is 35.5. The molecule has 2 fully saturated rings. The highest BCUT2D eigenvalue weighted by molar-refractivity contribution is 5.85. The molecule has 0 amide bonds. The van der Waals surface area contributed by atoms with Crippen LogP contribution in [0.1, 0.15) is 37.7 Å². The van der Waals surface area contributed by atoms with E-state index in [9.17, 15) is 0 Å². The summed E-state index contributed by atoms with van der Waals surface area (Å²) in [6, 6.07) is 6.63. The predicted molar refractivity (Wildman–Crippen MR) is 121 cm³/mol. The van der Waals surface area contributed by atoms with Gasteiger partial charge in [-0.1, -0.05) is 6.07 Å². The molecule has 7 heteroatoms. The number of halogens is 1. The first-order chi connectivity index (χ1) is 14.4. The molecule has 1 N–H and O–H groups in total. The van der Waals surface area contributed by atoms with Gasteiger partial charge in [0.2, 0.25) is 0 Å². The Balaban J connectivity index is 0.00000256. The summed E-state index contributed by atoms with van der Waals surface area (Å²) in [6.45, 7) is 5.45. The van der Waals surface area contributed by atoms with E-state index in [0.717, 1.165) is 56.5 Å². The molecule has 0 spiro atoms. The van der Waals surface area contributed by atoms with Crippen molar-refractivity contribution in [1.82, 2.24) is 15.3 Å². The van der Waals surface area contributed by atoms with Crippen LogP contribution in [0.4, 0.5) is 5.69 Å². The van der Waals surface area contributed by atoms with Crippen LogP contribution in [0.5, 0.6) is 5.75 Å². The van der Waals surface area contributed by atoms with Gasteiger partial charge in [-0.25, -0.2) is 0 Å². The minimum absolute atomic E-state index is 0. The molecule has 2 aliphatic rings. The maximum Gasteiger partial charge on any atom is 0.139 e. The third-order valence-electron chi connectivity index (χ3n) is 5.95. The van der Waals surface area contributed by atoms with Crippen molar-refractivity contribution in [3.8, 4) is 5.75 Å². The van der Waals surface area contributed by atoms with Gasteiger partial charge >= 0.3 is 0 Å². The van der Waals surface area contributed by atoms with Gasteiger partial charge in [-0.05, 0) is 56.2 Å². The van der Waals surface area contributed by atoms with E-state index >= 15 is 0 Å². The van der Waals surface area contributed by atoms with E-state index in [2.05, 4.69) is 32.3 Å². The van der Waals surface area contributed by atoms with Crippen molar-refractivity contribution in [2.75, 3.05) is 37.7 Å². The molecule has 0 aromatic carbocycles. The van der Waals surface area contributed by atoms with Gasteiger partial charge in [0.1, 0.15) is 12.4 Å². The first-order valence-corrected chi connectivity index (χ1v) is 10.9. The van der Waals surface area contributed by atoms with Gasteiger partial charge in [-0.15, -0.1) is 12.4 Å². The zero-order chi connectivity index (χ0) is 19.7. The Bertz CT molecular complexity index is 735. The summed E-state index contributed by atoms with van der Waals surface area (Å²) in [5.41, 5.74) is 2.31. The SMILES string of the molecule is Cl.c1cncc(COCCC2CCN(c3cncc(OC[C@@H]4CCCN4)c3)CC2)c1. The van der Waals surface area contributed by atoms with Crippen LogP contribution in [0, 0.1) is 5.92 Å². The molecule has 0 unspecified atom stereocenters. The first kappa shape index (κ1) is 22.8. The number of anilines is 1. The zero-order valence-electron chi connectivity index (χ0n) is 17.5. The molecule has 2 aliphatic heterocycles. The molecule has 0 radical (unpaired) electrons. The fourth-order valence-electron chi connectivity index (χ4n) is 4.16. The van der Waals surface area contributed by atoms with E-state index in [1.165, 1.54) is 31.4 Å². The van der Waals surface area contributed by atoms with Crippen LogP contribution in [0.15, 0.2) is 43.0 Å². The molecule has 1 atom stereocenters. The molecular weight excluding hydrogens is 400 g/mol. The largest absolute Gasteiger partial charge is 0.490 e. The fourth-order valence-corrected chi connectivity index (χ4v) is 4.16. The van der Waals surface area contributed by atoms with Crippen molar-refractivity contribution in [2.45, 2.75) is 44.8 Å². The second-order valence-corrected chi connectivity index (χ2v) is 8.12. The molecule has 2 aromatic heterocycles. The van der Waals surface area contributed by atoms with Crippen molar-refractivity contribution in [1.29, 1.82) is 0 Å². The van der Waals surface area contributed by atoms with Crippen molar-refractivity contribution < 1.29 is 9.47 Å². The van der Waals surface area contributed by atoms with Crippen molar-refractivity contribution in [2.24, 2.45) is 5.92 Å². The number of nitrogens with one attached hydrogen (secondary N) is 1. The Morgan fingerprint density at radius 1 is 1.10 bits per heavy atom. The van der Waals surface area contributed by atoms with Crippen LogP contribution in [0.3, 0.4) is 0 Å². The number of pyridine rings is 2. The van der Waals surface area contributed by atoms with E-state index < -0.39 is 0 Å². The number of piperidine rings is 1. The summed E-state index contributed by atoms with van der Waals surface area (Å²) in [4.78, 5) is 11.0. The second kappa shape index (κ2) is 12.1. The quantitative estimate of drug-likeness (QED) is 0.607. The van der Waals surface area contributed by atoms with E-state index in [1.54, 1.807) is 6.20 Å². The molecule has 2 aromatic rings. The normalized spacial score (nSPS) is 19.5. The number of hydrogen-bond acceptors (Lipinski definition) is 6. The highest BCUT2D eigenvalue weighted by Crippen LogP contribution is 2.27. The van der Waals surface area contributed by atoms with Gasteiger partial charge in [0, 0.05) is 44.2 Å². The summed E-state index contributed by atoms with van der Waals surface area (Å²) < 4.78 is 11.8. The predicted octanol–water partition coefficient (Wildman–Crippen LogP) is 3.85. The Morgan fingerprint density at radius 3 is 2.77 bits per heavy atom. The molecule has 2 saturated heterocycles. The smallest absolute Gasteiger partial charge is 0.139 e. The van der Waals surface area contributed by atoms with Crippen LogP contribution in [-0.2, 0) is 11.3 Å². The van der Waals surface area contributed by atoms with E-state index in [4.69, 9.17) is 9.47 Å². The minimum atomic E-state index is 0. The van der Waals surface area contributed by atoms with Crippen LogP contribution >= 0.6 is 12.4 Å². The lowest BCUT2D eigenvalue weighted by Gasteiger charge is -2.33. The lowest BCUT2D eigenvalue weighted by molar-refractivity contribution is 0.103. The van der Waals surface area contributed by atoms with Gasteiger partial charge < -0.3 is 19.7 Å². The maximum absolute atomic E-state index is 5.97. The number of hydrogen-bond donors (Lipinski definition) is 1. The standard InChI is InChI=1S/C23H32N4O2.ClH/c1-3-20(14-24-8-1)17-28-12-7-19-5-10-27(11-6-19)22-13-23(16-25-15-22)29-18-21-4-2-9-26-21;/h1,3,8,13-16,19,21,26H,2,4-7,9-12,17-18H2;1H/t21-;/m0./s1. The van der Waals surface area contributed by atoms with E-state index in [-0.39, 0.29) is 12.4 Å². The molecule has 6 nitrogen and oxygen atoms in total. The fraction of sp³-hybridized carbons (Fsp3) is 0.565. The lowest BCUT2D eigenvalue weighted by Crippen LogP contribution is -2.34. The van der Waals surface area contributed by atoms with Crippen LogP contribution in [0.2, 0.25) is 0 Å². The Kier molecular flexibility index (Phi) is 9.18. The van der Waals surface area contributed by atoms with Crippen LogP contribution in [-0.4, -0.2) is 48.9 Å². The number of rotatable bonds is 9. The van der Waals surface area contributed by atoms with Crippen LogP contribution in [0.25, 0.3) is 0 Å². The average Bonchev–Trinajstić information content (AvgIpc) is 3.30. The Labute approximate surface area is 185 Å². The number of ether oxygens (including phenoxy) is 2. The monoisotopic (exact) mass is 432 g/mol. The van der Waals surface area contributed by atoms with E-state index in [0.29, 0.717) is 12.6 Å². The summed E-state index contributed by atoms with van der Waals surface area (Å²) in [5.74, 6) is 1.61. The van der Waals surface area contributed by atoms with Gasteiger partial charge in [0.05, 0.1) is 24.7 Å². The molecule has 30 heavy (non-hydrogen) atoms. The molecule has 0 saturated carbocycles. The molecular formula is C23H33ClN4O2. The Hall–Kier alpha value is -1.89. The van der Waals surface area contributed by atoms with E-state index in [1.807, 2.05) is 24.7 Å². The summed E-state index contributed by atoms with van der Waals surface area (Å²) >= 11 is 0. The molecule has 0 bridgehead atoms. The lowest BCUT2D eigenvalue weighted by atomic mass is 9.94. The summed E-state index contributed by atoms with van der Waals surface area (Å²) in [6.07, 6.45) is 13.4. The van der Waals surface area contributed by atoms with Gasteiger partial charge in [0.25, 0.3) is 0 Å². The maximum atomic E-state index is 5.97. The Morgan fingerprint density at radius 2 is 2.00 bits per heavy atom. The van der Waals surface area contributed by atoms with Gasteiger partial charge in [0.15, 0.2) is 0 Å². The van der Waals surface area contributed by atoms with Crippen molar-refractivity contribution >= 4 is 18.1 Å². The topological polar surface area (TPSA) is 59.5 Å².